The highest BCUT2D eigenvalue weighted by Crippen LogP contribution is 2.24. The standard InChI is InChI=1S/C12H12ClN5O2/c1-20-12(19)18-11-3-2-7(5-16-11)17-9-4-10(13)15-6-8(9)14/h2-6H,14H2,1H3,(H,15,17)(H,16,18,19). The van der Waals surface area contributed by atoms with Crippen molar-refractivity contribution in [2.75, 3.05) is 23.5 Å². The maximum atomic E-state index is 11.0. The molecular formula is C12H12ClN5O2. The zero-order valence-corrected chi connectivity index (χ0v) is 11.3. The molecule has 2 aromatic rings. The van der Waals surface area contributed by atoms with Gasteiger partial charge in [0.05, 0.1) is 36.6 Å². The molecule has 0 unspecified atom stereocenters. The highest BCUT2D eigenvalue weighted by molar-refractivity contribution is 6.29. The number of methoxy groups -OCH3 is 1. The Bertz CT molecular complexity index is 618. The van der Waals surface area contributed by atoms with E-state index >= 15 is 0 Å². The molecule has 104 valence electrons. The normalized spacial score (nSPS) is 9.90. The number of nitrogens with two attached hydrogens (primary N) is 1. The Morgan fingerprint density at radius 3 is 2.80 bits per heavy atom. The van der Waals surface area contributed by atoms with Crippen LogP contribution in [0.5, 0.6) is 0 Å². The van der Waals surface area contributed by atoms with E-state index in [0.717, 1.165) is 0 Å². The average molecular weight is 294 g/mol. The van der Waals surface area contributed by atoms with Gasteiger partial charge in [-0.1, -0.05) is 11.6 Å². The minimum Gasteiger partial charge on any atom is -0.453 e. The number of rotatable bonds is 3. The van der Waals surface area contributed by atoms with Crippen LogP contribution >= 0.6 is 11.6 Å². The SMILES string of the molecule is COC(=O)Nc1ccc(Nc2cc(Cl)ncc2N)cn1. The topological polar surface area (TPSA) is 102 Å². The molecule has 7 nitrogen and oxygen atoms in total. The van der Waals surface area contributed by atoms with Crippen molar-refractivity contribution in [1.29, 1.82) is 0 Å². The van der Waals surface area contributed by atoms with E-state index in [2.05, 4.69) is 25.3 Å². The van der Waals surface area contributed by atoms with Crippen LogP contribution in [-0.2, 0) is 4.74 Å². The van der Waals surface area contributed by atoms with Crippen LogP contribution in [0.1, 0.15) is 0 Å². The summed E-state index contributed by atoms with van der Waals surface area (Å²) in [5, 5.41) is 5.83. The lowest BCUT2D eigenvalue weighted by Crippen LogP contribution is -2.11. The lowest BCUT2D eigenvalue weighted by molar-refractivity contribution is 0.187. The Kier molecular flexibility index (Phi) is 4.21. The van der Waals surface area contributed by atoms with Gasteiger partial charge in [-0.05, 0) is 12.1 Å². The molecule has 0 aliphatic rings. The van der Waals surface area contributed by atoms with E-state index in [4.69, 9.17) is 17.3 Å². The summed E-state index contributed by atoms with van der Waals surface area (Å²) in [6.07, 6.45) is 2.42. The first-order valence-electron chi connectivity index (χ1n) is 5.57. The van der Waals surface area contributed by atoms with Crippen LogP contribution in [0.4, 0.5) is 27.7 Å². The van der Waals surface area contributed by atoms with Crippen LogP contribution in [-0.4, -0.2) is 23.2 Å². The summed E-state index contributed by atoms with van der Waals surface area (Å²) in [5.41, 5.74) is 7.55. The van der Waals surface area contributed by atoms with Gasteiger partial charge in [-0.25, -0.2) is 14.8 Å². The molecule has 0 aromatic carbocycles. The smallest absolute Gasteiger partial charge is 0.412 e. The predicted octanol–water partition coefficient (Wildman–Crippen LogP) is 2.63. The van der Waals surface area contributed by atoms with Gasteiger partial charge in [0.1, 0.15) is 11.0 Å². The summed E-state index contributed by atoms with van der Waals surface area (Å²) < 4.78 is 4.47. The van der Waals surface area contributed by atoms with Crippen molar-refractivity contribution in [1.82, 2.24) is 9.97 Å². The minimum atomic E-state index is -0.580. The van der Waals surface area contributed by atoms with Gasteiger partial charge in [-0.2, -0.15) is 0 Å². The Hall–Kier alpha value is -2.54. The van der Waals surface area contributed by atoms with Crippen molar-refractivity contribution in [3.05, 3.63) is 35.7 Å². The first-order valence-corrected chi connectivity index (χ1v) is 5.95. The van der Waals surface area contributed by atoms with Gasteiger partial charge in [-0.3, -0.25) is 5.32 Å². The summed E-state index contributed by atoms with van der Waals surface area (Å²) in [6.45, 7) is 0. The highest BCUT2D eigenvalue weighted by atomic mass is 35.5. The van der Waals surface area contributed by atoms with Crippen LogP contribution in [0.3, 0.4) is 0 Å². The second-order valence-corrected chi connectivity index (χ2v) is 4.16. The fourth-order valence-corrected chi connectivity index (χ4v) is 1.56. The van der Waals surface area contributed by atoms with Gasteiger partial charge in [0, 0.05) is 6.07 Å². The molecule has 8 heteroatoms. The number of pyridine rings is 2. The Balaban J connectivity index is 2.10. The third-order valence-corrected chi connectivity index (χ3v) is 2.57. The van der Waals surface area contributed by atoms with E-state index in [-0.39, 0.29) is 0 Å². The Morgan fingerprint density at radius 1 is 1.35 bits per heavy atom. The van der Waals surface area contributed by atoms with Crippen molar-refractivity contribution in [3.63, 3.8) is 0 Å². The van der Waals surface area contributed by atoms with E-state index in [1.54, 1.807) is 24.4 Å². The van der Waals surface area contributed by atoms with Gasteiger partial charge in [0.15, 0.2) is 0 Å². The summed E-state index contributed by atoms with van der Waals surface area (Å²) in [4.78, 5) is 18.9. The Labute approximate surface area is 120 Å². The number of amides is 1. The van der Waals surface area contributed by atoms with Crippen LogP contribution in [0.15, 0.2) is 30.6 Å². The number of nitrogens with zero attached hydrogens (tertiary/aromatic N) is 2. The molecule has 20 heavy (non-hydrogen) atoms. The molecular weight excluding hydrogens is 282 g/mol. The molecule has 2 heterocycles. The zero-order chi connectivity index (χ0) is 14.5. The van der Waals surface area contributed by atoms with Crippen LogP contribution in [0, 0.1) is 0 Å². The summed E-state index contributed by atoms with van der Waals surface area (Å²) >= 11 is 5.80. The number of carbonyl (C=O) groups is 1. The number of nitrogens with one attached hydrogen (secondary N) is 2. The number of anilines is 4. The van der Waals surface area contributed by atoms with Gasteiger partial charge in [0.2, 0.25) is 0 Å². The third kappa shape index (κ3) is 3.48. The van der Waals surface area contributed by atoms with Crippen molar-refractivity contribution in [2.24, 2.45) is 0 Å². The van der Waals surface area contributed by atoms with Gasteiger partial charge in [-0.15, -0.1) is 0 Å². The number of halogens is 1. The first-order chi connectivity index (χ1) is 9.58. The van der Waals surface area contributed by atoms with Crippen LogP contribution < -0.4 is 16.4 Å². The van der Waals surface area contributed by atoms with Crippen molar-refractivity contribution >= 4 is 40.6 Å². The molecule has 1 amide bonds. The van der Waals surface area contributed by atoms with Crippen LogP contribution in [0.25, 0.3) is 0 Å². The van der Waals surface area contributed by atoms with Crippen molar-refractivity contribution in [2.45, 2.75) is 0 Å². The molecule has 4 N–H and O–H groups in total. The summed E-state index contributed by atoms with van der Waals surface area (Å²) in [6, 6.07) is 4.96. The molecule has 2 aromatic heterocycles. The fourth-order valence-electron chi connectivity index (χ4n) is 1.40. The Morgan fingerprint density at radius 2 is 2.15 bits per heavy atom. The zero-order valence-electron chi connectivity index (χ0n) is 10.6. The first kappa shape index (κ1) is 13.9. The van der Waals surface area contributed by atoms with E-state index in [1.165, 1.54) is 13.3 Å². The molecule has 0 saturated heterocycles. The molecule has 0 aliphatic carbocycles. The number of nitrogen functional groups attached to an aromatic ring is 1. The largest absolute Gasteiger partial charge is 0.453 e. The van der Waals surface area contributed by atoms with E-state index in [0.29, 0.717) is 28.0 Å². The lowest BCUT2D eigenvalue weighted by Gasteiger charge is -2.09. The molecule has 0 fully saturated rings. The summed E-state index contributed by atoms with van der Waals surface area (Å²) in [5.74, 6) is 0.378. The quantitative estimate of drug-likeness (QED) is 0.752. The number of aromatic nitrogens is 2. The minimum absolute atomic E-state index is 0.332. The monoisotopic (exact) mass is 293 g/mol. The van der Waals surface area contributed by atoms with Gasteiger partial charge in [0.25, 0.3) is 0 Å². The van der Waals surface area contributed by atoms with Gasteiger partial charge >= 0.3 is 6.09 Å². The lowest BCUT2D eigenvalue weighted by atomic mass is 10.3. The van der Waals surface area contributed by atoms with Gasteiger partial charge < -0.3 is 15.8 Å². The molecule has 0 bridgehead atoms. The fraction of sp³-hybridized carbons (Fsp3) is 0.0833. The second kappa shape index (κ2) is 6.07. The summed E-state index contributed by atoms with van der Waals surface area (Å²) in [7, 11) is 1.28. The van der Waals surface area contributed by atoms with E-state index < -0.39 is 6.09 Å². The molecule has 0 atom stereocenters. The molecule has 0 radical (unpaired) electrons. The number of ether oxygens (including phenoxy) is 1. The van der Waals surface area contributed by atoms with Crippen molar-refractivity contribution < 1.29 is 9.53 Å². The maximum Gasteiger partial charge on any atom is 0.412 e. The highest BCUT2D eigenvalue weighted by Gasteiger charge is 2.04. The van der Waals surface area contributed by atoms with E-state index in [9.17, 15) is 4.79 Å². The number of hydrogen-bond donors (Lipinski definition) is 3. The maximum absolute atomic E-state index is 11.0. The van der Waals surface area contributed by atoms with Crippen molar-refractivity contribution in [3.8, 4) is 0 Å². The average Bonchev–Trinajstić information content (AvgIpc) is 2.45. The molecule has 0 spiro atoms. The number of carbonyl (C=O) groups excluding carboxylic acids is 1. The van der Waals surface area contributed by atoms with E-state index in [1.807, 2.05) is 0 Å². The number of hydrogen-bond acceptors (Lipinski definition) is 6. The van der Waals surface area contributed by atoms with Crippen LogP contribution in [0.2, 0.25) is 5.15 Å². The molecule has 0 aliphatic heterocycles. The molecule has 0 saturated carbocycles. The molecule has 2 rings (SSSR count). The third-order valence-electron chi connectivity index (χ3n) is 2.36. The predicted molar refractivity (Wildman–Crippen MR) is 77.2 cm³/mol. The second-order valence-electron chi connectivity index (χ2n) is 3.77.